The van der Waals surface area contributed by atoms with Crippen molar-refractivity contribution in [1.29, 1.82) is 0 Å². The molecule has 342 valence electrons. The Bertz CT molecular complexity index is 1690. The zero-order valence-electron chi connectivity index (χ0n) is 39.3. The molecule has 0 bridgehead atoms. The molecule has 4 atom stereocenters. The lowest BCUT2D eigenvalue weighted by Gasteiger charge is -2.30. The Kier molecular flexibility index (Phi) is 30.7. The number of allylic oxidation sites excluding steroid dienone is 4. The summed E-state index contributed by atoms with van der Waals surface area (Å²) in [6, 6.07) is 31.2. The van der Waals surface area contributed by atoms with Crippen molar-refractivity contribution in [2.24, 2.45) is 11.8 Å². The molecule has 0 aromatic heterocycles. The van der Waals surface area contributed by atoms with Crippen molar-refractivity contribution in [2.75, 3.05) is 6.54 Å². The van der Waals surface area contributed by atoms with Gasteiger partial charge in [0.1, 0.15) is 11.6 Å². The molecule has 0 radical (unpaired) electrons. The van der Waals surface area contributed by atoms with Gasteiger partial charge in [0.15, 0.2) is 0 Å². The number of carbonyl (C=O) groups is 3. The van der Waals surface area contributed by atoms with Gasteiger partial charge in [-0.3, -0.25) is 14.4 Å². The fraction of sp³-hybridized carbons (Fsp3) is 0.534. The van der Waals surface area contributed by atoms with Gasteiger partial charge in [-0.1, -0.05) is 193 Å². The number of Topliss-reactive ketones (excluding diaryl/α,β-unsaturated/α-hetero) is 2. The van der Waals surface area contributed by atoms with E-state index in [4.69, 9.17) is 0 Å². The SMILES string of the molecule is C.C=C(C)CC(CC(=O)CCCCCC)c1ccccc1.C=C(C)CC(Cc1ccccc1)C(=O)CCCCCC.CCCCCNC(=O)C1CC=C(C)CC1c1ccccc1. The number of hydrogen-bond acceptors (Lipinski definition) is 3. The molecule has 4 heteroatoms. The topological polar surface area (TPSA) is 63.2 Å². The van der Waals surface area contributed by atoms with Crippen molar-refractivity contribution in [2.45, 2.75) is 183 Å². The number of hydrogen-bond donors (Lipinski definition) is 1. The van der Waals surface area contributed by atoms with Crippen LogP contribution in [-0.4, -0.2) is 24.0 Å². The zero-order valence-corrected chi connectivity index (χ0v) is 39.3. The first-order chi connectivity index (χ1) is 29.5. The third-order valence-electron chi connectivity index (χ3n) is 11.7. The van der Waals surface area contributed by atoms with Crippen molar-refractivity contribution in [3.8, 4) is 0 Å². The average Bonchev–Trinajstić information content (AvgIpc) is 3.26. The second-order valence-corrected chi connectivity index (χ2v) is 17.8. The largest absolute Gasteiger partial charge is 0.356 e. The van der Waals surface area contributed by atoms with Gasteiger partial charge < -0.3 is 5.32 Å². The Labute approximate surface area is 380 Å². The second-order valence-electron chi connectivity index (χ2n) is 17.8. The highest BCUT2D eigenvalue weighted by atomic mass is 16.2. The lowest BCUT2D eigenvalue weighted by Crippen LogP contribution is -2.36. The molecule has 1 amide bonds. The first-order valence-corrected chi connectivity index (χ1v) is 23.9. The molecule has 0 saturated carbocycles. The molecule has 0 spiro atoms. The maximum atomic E-state index is 12.5. The summed E-state index contributed by atoms with van der Waals surface area (Å²) in [5, 5.41) is 3.13. The number of unbranched alkanes of at least 4 members (excludes halogenated alkanes) is 8. The normalized spacial score (nSPS) is 15.2. The third kappa shape index (κ3) is 24.4. The standard InChI is InChI=1S/C19H27NO.2C19H28O.CH4/c1-3-4-8-13-20-19(21)17-12-11-15(2)14-18(17)16-9-6-5-7-10-16;1-4-5-6-10-13-19(20)15-18(14-16(2)3)17-11-8-7-9-12-17;1-4-5-6-10-13-19(20)18(14-16(2)3)15-17-11-8-7-9-12-17;/h5-7,9-11,17-18H,3-4,8,12-14H2,1-2H3,(H,20,21);2*7-9,11-12,18H,2,4-6,10,13-15H2,1,3H3;1H4. The molecule has 1 aliphatic carbocycles. The van der Waals surface area contributed by atoms with Gasteiger partial charge in [-0.25, -0.2) is 0 Å². The highest BCUT2D eigenvalue weighted by molar-refractivity contribution is 5.81. The Morgan fingerprint density at radius 1 is 0.661 bits per heavy atom. The number of carbonyl (C=O) groups excluding carboxylic acids is 3. The molecule has 62 heavy (non-hydrogen) atoms. The fourth-order valence-corrected chi connectivity index (χ4v) is 8.25. The van der Waals surface area contributed by atoms with Crippen LogP contribution in [0.1, 0.15) is 193 Å². The third-order valence-corrected chi connectivity index (χ3v) is 11.7. The molecule has 0 heterocycles. The van der Waals surface area contributed by atoms with Gasteiger partial charge in [-0.05, 0) is 101 Å². The van der Waals surface area contributed by atoms with E-state index in [-0.39, 0.29) is 25.2 Å². The maximum absolute atomic E-state index is 12.5. The van der Waals surface area contributed by atoms with Crippen molar-refractivity contribution in [3.05, 3.63) is 144 Å². The molecule has 4 rings (SSSR count). The lowest BCUT2D eigenvalue weighted by molar-refractivity contribution is -0.126. The van der Waals surface area contributed by atoms with Crippen LogP contribution in [0.5, 0.6) is 0 Å². The number of amides is 1. The Hall–Kier alpha value is -4.31. The number of rotatable bonds is 26. The van der Waals surface area contributed by atoms with Gasteiger partial charge in [0, 0.05) is 37.6 Å². The van der Waals surface area contributed by atoms with Crippen molar-refractivity contribution >= 4 is 17.5 Å². The highest BCUT2D eigenvalue weighted by Crippen LogP contribution is 2.37. The Morgan fingerprint density at radius 3 is 1.76 bits per heavy atom. The molecule has 4 nitrogen and oxygen atoms in total. The number of ketones is 2. The molecule has 1 aliphatic rings. The fourth-order valence-electron chi connectivity index (χ4n) is 8.25. The predicted molar refractivity (Wildman–Crippen MR) is 269 cm³/mol. The monoisotopic (exact) mass is 846 g/mol. The summed E-state index contributed by atoms with van der Waals surface area (Å²) in [4.78, 5) is 37.1. The lowest BCUT2D eigenvalue weighted by atomic mass is 9.75. The summed E-state index contributed by atoms with van der Waals surface area (Å²) >= 11 is 0. The molecule has 3 aromatic carbocycles. The minimum atomic E-state index is 0. The number of benzene rings is 3. The van der Waals surface area contributed by atoms with Crippen molar-refractivity contribution in [1.82, 2.24) is 5.32 Å². The van der Waals surface area contributed by atoms with Gasteiger partial charge in [0.25, 0.3) is 0 Å². The van der Waals surface area contributed by atoms with Crippen LogP contribution in [0.2, 0.25) is 0 Å². The zero-order chi connectivity index (χ0) is 44.7. The average molecular weight is 846 g/mol. The molecule has 3 aromatic rings. The van der Waals surface area contributed by atoms with E-state index in [1.807, 2.05) is 56.3 Å². The highest BCUT2D eigenvalue weighted by Gasteiger charge is 2.31. The molecular weight excluding hydrogens is 759 g/mol. The van der Waals surface area contributed by atoms with Crippen LogP contribution < -0.4 is 5.32 Å². The second kappa shape index (κ2) is 34.2. The van der Waals surface area contributed by atoms with Gasteiger partial charge >= 0.3 is 0 Å². The van der Waals surface area contributed by atoms with Gasteiger partial charge in [0.2, 0.25) is 5.91 Å². The van der Waals surface area contributed by atoms with Crippen molar-refractivity contribution < 1.29 is 14.4 Å². The van der Waals surface area contributed by atoms with E-state index in [1.165, 1.54) is 73.6 Å². The minimum absolute atomic E-state index is 0. The van der Waals surface area contributed by atoms with Gasteiger partial charge in [-0.15, -0.1) is 13.2 Å². The van der Waals surface area contributed by atoms with E-state index in [1.54, 1.807) is 0 Å². The summed E-state index contributed by atoms with van der Waals surface area (Å²) in [7, 11) is 0. The van der Waals surface area contributed by atoms with E-state index >= 15 is 0 Å². The van der Waals surface area contributed by atoms with E-state index in [0.717, 1.165) is 81.9 Å². The summed E-state index contributed by atoms with van der Waals surface area (Å²) in [5.41, 5.74) is 7.46. The smallest absolute Gasteiger partial charge is 0.224 e. The van der Waals surface area contributed by atoms with Crippen LogP contribution in [0.25, 0.3) is 0 Å². The predicted octanol–water partition coefficient (Wildman–Crippen LogP) is 16.1. The van der Waals surface area contributed by atoms with E-state index in [9.17, 15) is 14.4 Å². The molecule has 0 aliphatic heterocycles. The van der Waals surface area contributed by atoms with Gasteiger partial charge in [0.05, 0.1) is 0 Å². The minimum Gasteiger partial charge on any atom is -0.356 e. The van der Waals surface area contributed by atoms with Gasteiger partial charge in [-0.2, -0.15) is 0 Å². The van der Waals surface area contributed by atoms with Crippen LogP contribution >= 0.6 is 0 Å². The van der Waals surface area contributed by atoms with Crippen LogP contribution in [0.15, 0.2) is 127 Å². The number of nitrogens with one attached hydrogen (secondary N) is 1. The van der Waals surface area contributed by atoms with Crippen LogP contribution in [0.3, 0.4) is 0 Å². The van der Waals surface area contributed by atoms with E-state index in [2.05, 4.69) is 101 Å². The first-order valence-electron chi connectivity index (χ1n) is 23.9. The maximum Gasteiger partial charge on any atom is 0.224 e. The van der Waals surface area contributed by atoms with E-state index < -0.39 is 0 Å². The molecule has 4 unspecified atom stereocenters. The quantitative estimate of drug-likeness (QED) is 0.0647. The molecule has 0 saturated heterocycles. The Balaban J connectivity index is 0.000000462. The first kappa shape index (κ1) is 55.7. The summed E-state index contributed by atoms with van der Waals surface area (Å²) in [6.45, 7) is 21.6. The van der Waals surface area contributed by atoms with Crippen molar-refractivity contribution in [3.63, 3.8) is 0 Å². The molecule has 0 fully saturated rings. The summed E-state index contributed by atoms with van der Waals surface area (Å²) < 4.78 is 0. The van der Waals surface area contributed by atoms with Crippen LogP contribution in [-0.2, 0) is 20.8 Å². The van der Waals surface area contributed by atoms with Crippen LogP contribution in [0, 0.1) is 11.8 Å². The molecule has 1 N–H and O–H groups in total. The summed E-state index contributed by atoms with van der Waals surface area (Å²) in [5.74, 6) is 1.84. The summed E-state index contributed by atoms with van der Waals surface area (Å²) in [6.07, 6.45) is 21.6. The Morgan fingerprint density at radius 2 is 1.19 bits per heavy atom. The van der Waals surface area contributed by atoms with Crippen LogP contribution in [0.4, 0.5) is 0 Å². The molecular formula is C58H87NO3. The van der Waals surface area contributed by atoms with E-state index in [0.29, 0.717) is 29.8 Å².